The van der Waals surface area contributed by atoms with Crippen LogP contribution in [-0.4, -0.2) is 60.2 Å². The minimum Gasteiger partial charge on any atom is -0.497 e. The lowest BCUT2D eigenvalue weighted by Crippen LogP contribution is -2.37. The number of ether oxygens (including phenoxy) is 1. The fourth-order valence-electron chi connectivity index (χ4n) is 2.88. The number of amides is 1. The molecule has 0 aliphatic carbocycles. The van der Waals surface area contributed by atoms with E-state index in [2.05, 4.69) is 4.99 Å². The first-order valence-corrected chi connectivity index (χ1v) is 10.6. The lowest BCUT2D eigenvalue weighted by atomic mass is 10.1. The fourth-order valence-corrected chi connectivity index (χ4v) is 6.91. The highest BCUT2D eigenvalue weighted by Gasteiger charge is 2.48. The van der Waals surface area contributed by atoms with Gasteiger partial charge in [-0.3, -0.25) is 4.79 Å². The molecular formula is C15H17ClN2O4S2. The van der Waals surface area contributed by atoms with Gasteiger partial charge in [0.25, 0.3) is 5.91 Å². The normalized spacial score (nSPS) is 26.6. The molecule has 0 saturated carbocycles. The molecule has 1 aromatic carbocycles. The van der Waals surface area contributed by atoms with Crippen LogP contribution in [0.3, 0.4) is 0 Å². The quantitative estimate of drug-likeness (QED) is 0.728. The largest absolute Gasteiger partial charge is 0.497 e. The zero-order valence-corrected chi connectivity index (χ0v) is 15.4. The highest BCUT2D eigenvalue weighted by atomic mass is 35.5. The number of nitrogens with zero attached hydrogens (tertiary/aromatic N) is 2. The van der Waals surface area contributed by atoms with Crippen LogP contribution in [0, 0.1) is 0 Å². The SMILES string of the molecule is COc1ccc(CN2C(=NC(=O)CCl)S[C@H]3CS(=O)(=O)C[C@H]32)cc1. The maximum Gasteiger partial charge on any atom is 0.262 e. The highest BCUT2D eigenvalue weighted by molar-refractivity contribution is 8.15. The third-order valence-corrected chi connectivity index (χ3v) is 7.50. The van der Waals surface area contributed by atoms with Gasteiger partial charge in [-0.1, -0.05) is 23.9 Å². The molecule has 9 heteroatoms. The second kappa shape index (κ2) is 6.93. The van der Waals surface area contributed by atoms with Gasteiger partial charge in [0.05, 0.1) is 24.7 Å². The number of rotatable bonds is 4. The molecule has 24 heavy (non-hydrogen) atoms. The minimum atomic E-state index is -3.05. The Hall–Kier alpha value is -1.25. The van der Waals surface area contributed by atoms with Crippen molar-refractivity contribution >= 4 is 44.3 Å². The average Bonchev–Trinajstić information content (AvgIpc) is 3.01. The smallest absolute Gasteiger partial charge is 0.262 e. The Labute approximate surface area is 150 Å². The van der Waals surface area contributed by atoms with Crippen molar-refractivity contribution in [3.05, 3.63) is 29.8 Å². The minimum absolute atomic E-state index is 0.0878. The first-order valence-electron chi connectivity index (χ1n) is 7.36. The summed E-state index contributed by atoms with van der Waals surface area (Å²) in [7, 11) is -1.45. The molecule has 0 unspecified atom stereocenters. The van der Waals surface area contributed by atoms with Crippen LogP contribution in [0.15, 0.2) is 29.3 Å². The van der Waals surface area contributed by atoms with E-state index in [0.717, 1.165) is 11.3 Å². The predicted molar refractivity (Wildman–Crippen MR) is 95.5 cm³/mol. The van der Waals surface area contributed by atoms with Crippen LogP contribution in [0.4, 0.5) is 0 Å². The monoisotopic (exact) mass is 388 g/mol. The van der Waals surface area contributed by atoms with Gasteiger partial charge in [-0.15, -0.1) is 11.6 Å². The van der Waals surface area contributed by atoms with E-state index >= 15 is 0 Å². The Kier molecular flexibility index (Phi) is 5.08. The van der Waals surface area contributed by atoms with Crippen LogP contribution in [0.5, 0.6) is 5.75 Å². The third kappa shape index (κ3) is 3.70. The Morgan fingerprint density at radius 1 is 1.38 bits per heavy atom. The maximum absolute atomic E-state index is 11.9. The molecule has 2 atom stereocenters. The van der Waals surface area contributed by atoms with Crippen LogP contribution in [0.1, 0.15) is 5.56 Å². The molecule has 0 aromatic heterocycles. The van der Waals surface area contributed by atoms with Crippen molar-refractivity contribution in [1.29, 1.82) is 0 Å². The fraction of sp³-hybridized carbons (Fsp3) is 0.467. The van der Waals surface area contributed by atoms with E-state index in [9.17, 15) is 13.2 Å². The van der Waals surface area contributed by atoms with Gasteiger partial charge in [-0.25, -0.2) is 8.42 Å². The number of benzene rings is 1. The number of aliphatic imine (C=N–C) groups is 1. The molecule has 0 bridgehead atoms. The van der Waals surface area contributed by atoms with E-state index in [1.165, 1.54) is 11.8 Å². The molecule has 2 aliphatic rings. The Morgan fingerprint density at radius 3 is 2.71 bits per heavy atom. The van der Waals surface area contributed by atoms with E-state index in [-0.39, 0.29) is 28.7 Å². The van der Waals surface area contributed by atoms with Crippen molar-refractivity contribution in [3.8, 4) is 5.75 Å². The summed E-state index contributed by atoms with van der Waals surface area (Å²) >= 11 is 6.90. The number of carbonyl (C=O) groups is 1. The van der Waals surface area contributed by atoms with Crippen LogP contribution in [0.2, 0.25) is 0 Å². The van der Waals surface area contributed by atoms with Gasteiger partial charge in [0.2, 0.25) is 0 Å². The molecule has 1 amide bonds. The van der Waals surface area contributed by atoms with Gasteiger partial charge in [0, 0.05) is 11.8 Å². The second-order valence-electron chi connectivity index (χ2n) is 5.70. The number of carbonyl (C=O) groups excluding carboxylic acids is 1. The molecule has 2 heterocycles. The summed E-state index contributed by atoms with van der Waals surface area (Å²) in [5, 5.41) is 0.469. The summed E-state index contributed by atoms with van der Waals surface area (Å²) in [5.41, 5.74) is 0.993. The van der Waals surface area contributed by atoms with Crippen LogP contribution >= 0.6 is 23.4 Å². The maximum atomic E-state index is 11.9. The molecule has 0 radical (unpaired) electrons. The molecule has 6 nitrogen and oxygen atoms in total. The van der Waals surface area contributed by atoms with Crippen molar-refractivity contribution in [2.24, 2.45) is 4.99 Å². The summed E-state index contributed by atoms with van der Waals surface area (Å²) in [5.74, 6) is 0.363. The summed E-state index contributed by atoms with van der Waals surface area (Å²) in [6.45, 7) is 0.488. The number of alkyl halides is 1. The highest BCUT2D eigenvalue weighted by Crippen LogP contribution is 2.39. The molecule has 2 saturated heterocycles. The van der Waals surface area contributed by atoms with Gasteiger partial charge >= 0.3 is 0 Å². The number of fused-ring (bicyclic) bond motifs is 1. The van der Waals surface area contributed by atoms with Crippen molar-refractivity contribution in [2.45, 2.75) is 17.8 Å². The molecule has 2 aliphatic heterocycles. The molecular weight excluding hydrogens is 372 g/mol. The lowest BCUT2D eigenvalue weighted by molar-refractivity contribution is -0.115. The number of thioether (sulfide) groups is 1. The number of amidine groups is 1. The molecule has 2 fully saturated rings. The lowest BCUT2D eigenvalue weighted by Gasteiger charge is -2.24. The molecule has 3 rings (SSSR count). The van der Waals surface area contributed by atoms with Crippen molar-refractivity contribution in [3.63, 3.8) is 0 Å². The Bertz CT molecular complexity index is 764. The molecule has 0 N–H and O–H groups in total. The number of hydrogen-bond acceptors (Lipinski definition) is 5. The number of hydrogen-bond donors (Lipinski definition) is 0. The zero-order chi connectivity index (χ0) is 17.3. The summed E-state index contributed by atoms with van der Waals surface area (Å²) in [6, 6.07) is 7.37. The predicted octanol–water partition coefficient (Wildman–Crippen LogP) is 1.53. The van der Waals surface area contributed by atoms with Gasteiger partial charge in [-0.05, 0) is 17.7 Å². The Morgan fingerprint density at radius 2 is 2.08 bits per heavy atom. The van der Waals surface area contributed by atoms with E-state index in [0.29, 0.717) is 11.7 Å². The van der Waals surface area contributed by atoms with E-state index in [1.807, 2.05) is 29.2 Å². The number of methoxy groups -OCH3 is 1. The van der Waals surface area contributed by atoms with Gasteiger partial charge in [-0.2, -0.15) is 4.99 Å². The summed E-state index contributed by atoms with van der Waals surface area (Å²) < 4.78 is 29.0. The topological polar surface area (TPSA) is 76.0 Å². The first kappa shape index (κ1) is 17.6. The van der Waals surface area contributed by atoms with Crippen LogP contribution in [0.25, 0.3) is 0 Å². The van der Waals surface area contributed by atoms with E-state index < -0.39 is 15.7 Å². The van der Waals surface area contributed by atoms with E-state index in [1.54, 1.807) is 7.11 Å². The summed E-state index contributed by atoms with van der Waals surface area (Å²) in [4.78, 5) is 17.6. The number of halogens is 1. The number of sulfone groups is 1. The van der Waals surface area contributed by atoms with Crippen LogP contribution in [-0.2, 0) is 21.2 Å². The zero-order valence-electron chi connectivity index (χ0n) is 13.0. The van der Waals surface area contributed by atoms with E-state index in [4.69, 9.17) is 16.3 Å². The average molecular weight is 389 g/mol. The van der Waals surface area contributed by atoms with Crippen molar-refractivity contribution in [1.82, 2.24) is 4.90 Å². The standard InChI is InChI=1S/C15H17ClN2O4S2/c1-22-11-4-2-10(3-5-11)7-18-12-8-24(20,21)9-13(12)23-15(18)17-14(19)6-16/h2-5,12-13H,6-9H2,1H3/t12-,13+/m1/s1. The van der Waals surface area contributed by atoms with Crippen LogP contribution < -0.4 is 4.74 Å². The second-order valence-corrected chi connectivity index (χ2v) is 9.33. The first-order chi connectivity index (χ1) is 11.4. The van der Waals surface area contributed by atoms with Gasteiger partial charge in [0.1, 0.15) is 11.6 Å². The third-order valence-electron chi connectivity index (χ3n) is 4.02. The van der Waals surface area contributed by atoms with Gasteiger partial charge in [0.15, 0.2) is 15.0 Å². The molecule has 130 valence electrons. The molecule has 1 aromatic rings. The van der Waals surface area contributed by atoms with Crippen molar-refractivity contribution in [2.75, 3.05) is 24.5 Å². The van der Waals surface area contributed by atoms with Crippen molar-refractivity contribution < 1.29 is 17.9 Å². The Balaban J connectivity index is 1.86. The molecule has 0 spiro atoms. The summed E-state index contributed by atoms with van der Waals surface area (Å²) in [6.07, 6.45) is 0. The van der Waals surface area contributed by atoms with Gasteiger partial charge < -0.3 is 9.64 Å².